The number of nitrogens with one attached hydrogen (secondary N) is 2. The number of rotatable bonds is 7. The first-order valence-electron chi connectivity index (χ1n) is 8.81. The lowest BCUT2D eigenvalue weighted by atomic mass is 10.3. The summed E-state index contributed by atoms with van der Waals surface area (Å²) in [6.45, 7) is 6.91. The number of benzene rings is 1. The van der Waals surface area contributed by atoms with Gasteiger partial charge in [-0.1, -0.05) is 12.1 Å². The van der Waals surface area contributed by atoms with Gasteiger partial charge in [0.25, 0.3) is 0 Å². The van der Waals surface area contributed by atoms with Gasteiger partial charge < -0.3 is 15.4 Å². The van der Waals surface area contributed by atoms with Crippen molar-refractivity contribution in [1.82, 2.24) is 20.1 Å². The van der Waals surface area contributed by atoms with Crippen LogP contribution in [0.5, 0.6) is 5.75 Å². The number of hydrogen-bond donors (Lipinski definition) is 2. The van der Waals surface area contributed by atoms with Gasteiger partial charge in [0, 0.05) is 24.0 Å². The fraction of sp³-hybridized carbons (Fsp3) is 0.316. The number of hydrogen-bond acceptors (Lipinski definition) is 5. The molecule has 0 bridgehead atoms. The summed E-state index contributed by atoms with van der Waals surface area (Å²) in [6, 6.07) is 9.12. The Balaban J connectivity index is 1.52. The minimum atomic E-state index is -0.267. The Labute approximate surface area is 162 Å². The Kier molecular flexibility index (Phi) is 6.08. The molecule has 0 saturated heterocycles. The first-order chi connectivity index (χ1) is 13.1. The molecule has 0 radical (unpaired) electrons. The Morgan fingerprint density at radius 1 is 1.30 bits per heavy atom. The molecule has 0 aliphatic heterocycles. The number of thiazole rings is 1. The summed E-state index contributed by atoms with van der Waals surface area (Å²) in [7, 11) is 0. The topological polar surface area (TPSA) is 81.1 Å². The first kappa shape index (κ1) is 18.9. The van der Waals surface area contributed by atoms with Gasteiger partial charge in [0.2, 0.25) is 5.13 Å². The van der Waals surface area contributed by atoms with Crippen molar-refractivity contribution in [2.45, 2.75) is 27.2 Å². The molecule has 7 nitrogen and oxygen atoms in total. The van der Waals surface area contributed by atoms with Gasteiger partial charge >= 0.3 is 6.03 Å². The molecule has 2 amide bonds. The molecule has 3 rings (SSSR count). The van der Waals surface area contributed by atoms with E-state index in [1.807, 2.05) is 61.2 Å². The average Bonchev–Trinajstić information content (AvgIpc) is 3.23. The van der Waals surface area contributed by atoms with Crippen LogP contribution in [0.25, 0.3) is 5.13 Å². The molecule has 0 fully saturated rings. The standard InChI is InChI=1S/C19H23N5O2S/c1-4-26-17-8-6-5-7-16(17)22-18(25)20-10-9-15-12-27-19(21-15)24-14(3)11-13(2)23-24/h5-8,11-12H,4,9-10H2,1-3H3,(H2,20,22,25). The summed E-state index contributed by atoms with van der Waals surface area (Å²) in [5.41, 5.74) is 3.60. The van der Waals surface area contributed by atoms with Crippen LogP contribution >= 0.6 is 11.3 Å². The van der Waals surface area contributed by atoms with E-state index >= 15 is 0 Å². The van der Waals surface area contributed by atoms with Crippen molar-refractivity contribution >= 4 is 23.1 Å². The molecule has 2 N–H and O–H groups in total. The van der Waals surface area contributed by atoms with Crippen molar-refractivity contribution in [2.24, 2.45) is 0 Å². The number of ether oxygens (including phenoxy) is 1. The lowest BCUT2D eigenvalue weighted by Gasteiger charge is -2.11. The number of anilines is 1. The largest absolute Gasteiger partial charge is 0.492 e. The molecular formula is C19H23N5O2S. The second kappa shape index (κ2) is 8.68. The van der Waals surface area contributed by atoms with E-state index in [9.17, 15) is 4.79 Å². The van der Waals surface area contributed by atoms with Crippen LogP contribution in [0, 0.1) is 13.8 Å². The van der Waals surface area contributed by atoms with Crippen molar-refractivity contribution < 1.29 is 9.53 Å². The molecule has 2 aromatic heterocycles. The fourth-order valence-corrected chi connectivity index (χ4v) is 3.52. The van der Waals surface area contributed by atoms with Crippen LogP contribution in [-0.4, -0.2) is 33.9 Å². The highest BCUT2D eigenvalue weighted by atomic mass is 32.1. The van der Waals surface area contributed by atoms with Gasteiger partial charge in [0.05, 0.1) is 23.7 Å². The molecule has 1 aromatic carbocycles. The van der Waals surface area contributed by atoms with E-state index in [-0.39, 0.29) is 6.03 Å². The fourth-order valence-electron chi connectivity index (χ4n) is 2.65. The maximum atomic E-state index is 12.1. The average molecular weight is 385 g/mol. The van der Waals surface area contributed by atoms with Gasteiger partial charge in [0.1, 0.15) is 5.75 Å². The Morgan fingerprint density at radius 3 is 2.85 bits per heavy atom. The highest BCUT2D eigenvalue weighted by Crippen LogP contribution is 2.23. The highest BCUT2D eigenvalue weighted by Gasteiger charge is 2.10. The third-order valence-electron chi connectivity index (χ3n) is 3.83. The normalized spacial score (nSPS) is 10.6. The third kappa shape index (κ3) is 4.85. The molecule has 8 heteroatoms. The van der Waals surface area contributed by atoms with E-state index in [1.165, 1.54) is 0 Å². The van der Waals surface area contributed by atoms with Crippen LogP contribution in [-0.2, 0) is 6.42 Å². The SMILES string of the molecule is CCOc1ccccc1NC(=O)NCCc1csc(-n2nc(C)cc2C)n1. The summed E-state index contributed by atoms with van der Waals surface area (Å²) in [5, 5.41) is 12.9. The van der Waals surface area contributed by atoms with Crippen molar-refractivity contribution in [1.29, 1.82) is 0 Å². The molecule has 27 heavy (non-hydrogen) atoms. The number of nitrogens with zero attached hydrogens (tertiary/aromatic N) is 3. The zero-order valence-corrected chi connectivity index (χ0v) is 16.5. The number of aromatic nitrogens is 3. The number of urea groups is 1. The zero-order chi connectivity index (χ0) is 19.2. The molecule has 0 atom stereocenters. The monoisotopic (exact) mass is 385 g/mol. The van der Waals surface area contributed by atoms with E-state index in [1.54, 1.807) is 11.3 Å². The predicted octanol–water partition coefficient (Wildman–Crippen LogP) is 3.71. The maximum absolute atomic E-state index is 12.1. The molecule has 0 spiro atoms. The number of amides is 2. The molecule has 0 aliphatic carbocycles. The minimum Gasteiger partial charge on any atom is -0.492 e. The Bertz CT molecular complexity index is 918. The van der Waals surface area contributed by atoms with Crippen LogP contribution in [0.3, 0.4) is 0 Å². The number of para-hydroxylation sites is 2. The Hall–Kier alpha value is -2.87. The molecule has 142 valence electrons. The molecule has 0 aliphatic rings. The molecule has 0 saturated carbocycles. The summed E-state index contributed by atoms with van der Waals surface area (Å²) in [5.74, 6) is 0.657. The summed E-state index contributed by atoms with van der Waals surface area (Å²) >= 11 is 1.54. The smallest absolute Gasteiger partial charge is 0.319 e. The van der Waals surface area contributed by atoms with Crippen molar-refractivity contribution in [3.63, 3.8) is 0 Å². The van der Waals surface area contributed by atoms with Gasteiger partial charge in [0.15, 0.2) is 0 Å². The van der Waals surface area contributed by atoms with E-state index < -0.39 is 0 Å². The predicted molar refractivity (Wildman–Crippen MR) is 107 cm³/mol. The molecular weight excluding hydrogens is 362 g/mol. The maximum Gasteiger partial charge on any atom is 0.319 e. The molecule has 2 heterocycles. The van der Waals surface area contributed by atoms with E-state index in [2.05, 4.69) is 20.7 Å². The number of aryl methyl sites for hydroxylation is 2. The van der Waals surface area contributed by atoms with Crippen LogP contribution in [0.2, 0.25) is 0 Å². The molecule has 3 aromatic rings. The van der Waals surface area contributed by atoms with Crippen molar-refractivity contribution in [3.05, 3.63) is 52.8 Å². The van der Waals surface area contributed by atoms with E-state index in [0.29, 0.717) is 31.0 Å². The van der Waals surface area contributed by atoms with Crippen molar-refractivity contribution in [2.75, 3.05) is 18.5 Å². The number of carbonyl (C=O) groups is 1. The highest BCUT2D eigenvalue weighted by molar-refractivity contribution is 7.12. The first-order valence-corrected chi connectivity index (χ1v) is 9.69. The van der Waals surface area contributed by atoms with Crippen LogP contribution < -0.4 is 15.4 Å². The van der Waals surface area contributed by atoms with Gasteiger partial charge in [-0.15, -0.1) is 11.3 Å². The van der Waals surface area contributed by atoms with Gasteiger partial charge in [-0.2, -0.15) is 5.10 Å². The van der Waals surface area contributed by atoms with Crippen LogP contribution in [0.15, 0.2) is 35.7 Å². The minimum absolute atomic E-state index is 0.267. The van der Waals surface area contributed by atoms with Crippen LogP contribution in [0.1, 0.15) is 24.0 Å². The zero-order valence-electron chi connectivity index (χ0n) is 15.7. The van der Waals surface area contributed by atoms with E-state index in [4.69, 9.17) is 4.74 Å². The van der Waals surface area contributed by atoms with Gasteiger partial charge in [-0.25, -0.2) is 14.5 Å². The van der Waals surface area contributed by atoms with Crippen LogP contribution in [0.4, 0.5) is 10.5 Å². The Morgan fingerprint density at radius 2 is 2.11 bits per heavy atom. The lowest BCUT2D eigenvalue weighted by molar-refractivity contribution is 0.252. The summed E-state index contributed by atoms with van der Waals surface area (Å²) < 4.78 is 7.35. The quantitative estimate of drug-likeness (QED) is 0.650. The second-order valence-corrected chi connectivity index (χ2v) is 6.86. The van der Waals surface area contributed by atoms with Gasteiger partial charge in [-0.05, 0) is 39.0 Å². The molecule has 0 unspecified atom stereocenters. The summed E-state index contributed by atoms with van der Waals surface area (Å²) in [6.07, 6.45) is 0.649. The number of carbonyl (C=O) groups excluding carboxylic acids is 1. The second-order valence-electron chi connectivity index (χ2n) is 6.02. The van der Waals surface area contributed by atoms with Crippen molar-refractivity contribution in [3.8, 4) is 10.9 Å². The lowest BCUT2D eigenvalue weighted by Crippen LogP contribution is -2.30. The summed E-state index contributed by atoms with van der Waals surface area (Å²) in [4.78, 5) is 16.7. The van der Waals surface area contributed by atoms with Gasteiger partial charge in [-0.3, -0.25) is 0 Å². The third-order valence-corrected chi connectivity index (χ3v) is 4.70. The van der Waals surface area contributed by atoms with E-state index in [0.717, 1.165) is 22.2 Å².